The third-order valence-electron chi connectivity index (χ3n) is 2.84. The number of halogens is 1. The molecular formula is C12H12INO5S. The fourth-order valence-electron chi connectivity index (χ4n) is 1.93. The Balaban J connectivity index is 2.25. The summed E-state index contributed by atoms with van der Waals surface area (Å²) in [5, 5.41) is 0. The Hall–Kier alpha value is -1.00. The molecule has 0 bridgehead atoms. The Morgan fingerprint density at radius 2 is 1.70 bits per heavy atom. The zero-order chi connectivity index (χ0) is 14.9. The molecule has 1 aromatic rings. The highest BCUT2D eigenvalue weighted by Gasteiger charge is 2.39. The normalized spacial score (nSPS) is 16.4. The number of hydrogen-bond acceptors (Lipinski definition) is 5. The average molecular weight is 409 g/mol. The van der Waals surface area contributed by atoms with Crippen molar-refractivity contribution >= 4 is 44.5 Å². The first-order chi connectivity index (χ1) is 9.35. The van der Waals surface area contributed by atoms with Gasteiger partial charge in [-0.25, -0.2) is 0 Å². The number of imide groups is 1. The maximum Gasteiger partial charge on any atom is 0.264 e. The van der Waals surface area contributed by atoms with Crippen LogP contribution in [0.3, 0.4) is 0 Å². The molecule has 1 aliphatic rings. The van der Waals surface area contributed by atoms with Crippen molar-refractivity contribution in [1.82, 2.24) is 4.90 Å². The van der Waals surface area contributed by atoms with Crippen molar-refractivity contribution in [2.75, 3.05) is 17.3 Å². The standard InChI is InChI=1S/C12H12INO5S/c1-20(17,18)19-7-8(6-13)14-11(15)9-4-2-3-5-10(9)12(14)16/h2-5,8H,6-7H2,1H3. The van der Waals surface area contributed by atoms with Gasteiger partial charge in [-0.05, 0) is 12.1 Å². The molecule has 1 heterocycles. The van der Waals surface area contributed by atoms with Gasteiger partial charge in [-0.15, -0.1) is 0 Å². The number of carbonyl (C=O) groups excluding carboxylic acids is 2. The van der Waals surface area contributed by atoms with Crippen LogP contribution in [0, 0.1) is 0 Å². The highest BCUT2D eigenvalue weighted by atomic mass is 127. The van der Waals surface area contributed by atoms with Crippen LogP contribution < -0.4 is 0 Å². The second-order valence-electron chi connectivity index (χ2n) is 4.32. The number of hydrogen-bond donors (Lipinski definition) is 0. The first-order valence-electron chi connectivity index (χ1n) is 5.72. The second-order valence-corrected chi connectivity index (χ2v) is 6.85. The molecule has 0 aliphatic carbocycles. The number of benzene rings is 1. The van der Waals surface area contributed by atoms with Gasteiger partial charge in [0.25, 0.3) is 21.9 Å². The summed E-state index contributed by atoms with van der Waals surface area (Å²) < 4.78 is 27.2. The number of alkyl halides is 1. The van der Waals surface area contributed by atoms with Crippen LogP contribution in [0.5, 0.6) is 0 Å². The van der Waals surface area contributed by atoms with Crippen LogP contribution in [-0.2, 0) is 14.3 Å². The molecule has 8 heteroatoms. The molecule has 6 nitrogen and oxygen atoms in total. The van der Waals surface area contributed by atoms with Crippen LogP contribution in [0.25, 0.3) is 0 Å². The fourth-order valence-corrected chi connectivity index (χ4v) is 2.98. The molecule has 1 atom stereocenters. The lowest BCUT2D eigenvalue weighted by molar-refractivity contribution is 0.0560. The Morgan fingerprint density at radius 1 is 1.20 bits per heavy atom. The van der Waals surface area contributed by atoms with Gasteiger partial charge in [0.2, 0.25) is 0 Å². The molecule has 0 fully saturated rings. The number of nitrogens with zero attached hydrogens (tertiary/aromatic N) is 1. The zero-order valence-corrected chi connectivity index (χ0v) is 13.5. The first-order valence-corrected chi connectivity index (χ1v) is 9.06. The minimum absolute atomic E-state index is 0.229. The zero-order valence-electron chi connectivity index (χ0n) is 10.6. The molecule has 2 rings (SSSR count). The minimum Gasteiger partial charge on any atom is -0.269 e. The van der Waals surface area contributed by atoms with E-state index in [0.29, 0.717) is 15.6 Å². The summed E-state index contributed by atoms with van der Waals surface area (Å²) in [4.78, 5) is 25.5. The molecule has 108 valence electrons. The van der Waals surface area contributed by atoms with Gasteiger partial charge >= 0.3 is 0 Å². The first kappa shape index (κ1) is 15.4. The summed E-state index contributed by atoms with van der Waals surface area (Å²) in [6, 6.07) is 5.91. The van der Waals surface area contributed by atoms with Crippen molar-refractivity contribution in [3.05, 3.63) is 35.4 Å². The van der Waals surface area contributed by atoms with Crippen molar-refractivity contribution in [2.24, 2.45) is 0 Å². The van der Waals surface area contributed by atoms with Gasteiger partial charge in [0.1, 0.15) is 0 Å². The van der Waals surface area contributed by atoms with Crippen LogP contribution in [0.4, 0.5) is 0 Å². The third-order valence-corrected chi connectivity index (χ3v) is 4.42. The van der Waals surface area contributed by atoms with Gasteiger partial charge in [0, 0.05) is 4.43 Å². The van der Waals surface area contributed by atoms with Crippen molar-refractivity contribution in [1.29, 1.82) is 0 Å². The molecular weight excluding hydrogens is 397 g/mol. The molecule has 1 unspecified atom stereocenters. The molecule has 0 aromatic heterocycles. The Morgan fingerprint density at radius 3 is 2.10 bits per heavy atom. The monoisotopic (exact) mass is 409 g/mol. The Bertz CT molecular complexity index is 623. The smallest absolute Gasteiger partial charge is 0.264 e. The van der Waals surface area contributed by atoms with E-state index in [0.717, 1.165) is 11.2 Å². The summed E-state index contributed by atoms with van der Waals surface area (Å²) in [6.07, 6.45) is 0.930. The predicted molar refractivity (Wildman–Crippen MR) is 80.4 cm³/mol. The average Bonchev–Trinajstić information content (AvgIpc) is 2.64. The molecule has 0 N–H and O–H groups in total. The van der Waals surface area contributed by atoms with E-state index in [-0.39, 0.29) is 6.61 Å². The van der Waals surface area contributed by atoms with Crippen molar-refractivity contribution in [3.63, 3.8) is 0 Å². The van der Waals surface area contributed by atoms with Gasteiger partial charge in [0.05, 0.1) is 30.0 Å². The van der Waals surface area contributed by atoms with Gasteiger partial charge < -0.3 is 0 Å². The van der Waals surface area contributed by atoms with Crippen molar-refractivity contribution in [2.45, 2.75) is 6.04 Å². The van der Waals surface area contributed by atoms with E-state index in [1.165, 1.54) is 0 Å². The number of amides is 2. The molecule has 0 saturated heterocycles. The molecule has 0 saturated carbocycles. The Kier molecular flexibility index (Phi) is 4.45. The quantitative estimate of drug-likeness (QED) is 0.315. The van der Waals surface area contributed by atoms with E-state index in [1.54, 1.807) is 24.3 Å². The van der Waals surface area contributed by atoms with Crippen LogP contribution in [-0.4, -0.2) is 48.5 Å². The van der Waals surface area contributed by atoms with Crippen molar-refractivity contribution in [3.8, 4) is 0 Å². The summed E-state index contributed by atoms with van der Waals surface area (Å²) in [7, 11) is -3.61. The summed E-state index contributed by atoms with van der Waals surface area (Å²) in [5.74, 6) is -0.825. The molecule has 2 amide bonds. The predicted octanol–water partition coefficient (Wildman–Crippen LogP) is 1.06. The molecule has 1 aromatic carbocycles. The lowest BCUT2D eigenvalue weighted by atomic mass is 10.1. The second kappa shape index (κ2) is 5.78. The van der Waals surface area contributed by atoms with E-state index < -0.39 is 28.0 Å². The van der Waals surface area contributed by atoms with Crippen LogP contribution in [0.2, 0.25) is 0 Å². The summed E-state index contributed by atoms with van der Waals surface area (Å²) in [5.41, 5.74) is 0.679. The highest BCUT2D eigenvalue weighted by Crippen LogP contribution is 2.25. The maximum atomic E-state index is 12.2. The van der Waals surface area contributed by atoms with E-state index >= 15 is 0 Å². The van der Waals surface area contributed by atoms with Crippen LogP contribution >= 0.6 is 22.6 Å². The Labute approximate surface area is 130 Å². The lowest BCUT2D eigenvalue weighted by Gasteiger charge is -2.23. The maximum absolute atomic E-state index is 12.2. The van der Waals surface area contributed by atoms with Gasteiger partial charge in [-0.1, -0.05) is 34.7 Å². The van der Waals surface area contributed by atoms with E-state index in [9.17, 15) is 18.0 Å². The molecule has 20 heavy (non-hydrogen) atoms. The lowest BCUT2D eigenvalue weighted by Crippen LogP contribution is -2.44. The molecule has 0 spiro atoms. The fraction of sp³-hybridized carbons (Fsp3) is 0.333. The van der Waals surface area contributed by atoms with Gasteiger partial charge in [-0.3, -0.25) is 18.7 Å². The number of carbonyl (C=O) groups is 2. The minimum atomic E-state index is -3.61. The van der Waals surface area contributed by atoms with E-state index in [1.807, 2.05) is 22.6 Å². The number of rotatable bonds is 5. The van der Waals surface area contributed by atoms with Crippen LogP contribution in [0.15, 0.2) is 24.3 Å². The van der Waals surface area contributed by atoms with Gasteiger partial charge in [-0.2, -0.15) is 8.42 Å². The molecule has 1 aliphatic heterocycles. The highest BCUT2D eigenvalue weighted by molar-refractivity contribution is 14.1. The summed E-state index contributed by atoms with van der Waals surface area (Å²) >= 11 is 1.99. The van der Waals surface area contributed by atoms with Crippen LogP contribution in [0.1, 0.15) is 20.7 Å². The van der Waals surface area contributed by atoms with E-state index in [2.05, 4.69) is 0 Å². The van der Waals surface area contributed by atoms with Gasteiger partial charge in [0.15, 0.2) is 0 Å². The SMILES string of the molecule is CS(=O)(=O)OCC(CI)N1C(=O)c2ccccc2C1=O. The van der Waals surface area contributed by atoms with E-state index in [4.69, 9.17) is 4.18 Å². The third kappa shape index (κ3) is 3.01. The largest absolute Gasteiger partial charge is 0.269 e. The topological polar surface area (TPSA) is 80.8 Å². The number of fused-ring (bicyclic) bond motifs is 1. The molecule has 0 radical (unpaired) electrons. The summed E-state index contributed by atoms with van der Waals surface area (Å²) in [6.45, 7) is -0.229. The van der Waals surface area contributed by atoms with Crippen molar-refractivity contribution < 1.29 is 22.2 Å².